The molecule has 0 fully saturated rings. The second-order valence-corrected chi connectivity index (χ2v) is 2.90. The van der Waals surface area contributed by atoms with E-state index >= 15 is 0 Å². The number of hydrogen-bond acceptors (Lipinski definition) is 3. The fraction of sp³-hybridized carbons (Fsp3) is 0.200. The van der Waals surface area contributed by atoms with E-state index in [-0.39, 0.29) is 0 Å². The van der Waals surface area contributed by atoms with E-state index in [1.807, 2.05) is 0 Å². The number of aryl methyl sites for hydroxylation is 1. The second-order valence-electron chi connectivity index (χ2n) is 2.90. The summed E-state index contributed by atoms with van der Waals surface area (Å²) in [5.74, 6) is -0.226. The molecule has 0 spiro atoms. The summed E-state index contributed by atoms with van der Waals surface area (Å²) in [4.78, 5) is 21.6. The number of ether oxygens (including phenoxy) is 1. The fourth-order valence-electron chi connectivity index (χ4n) is 1.33. The molecule has 1 amide bonds. The lowest BCUT2D eigenvalue weighted by atomic mass is 10.0. The van der Waals surface area contributed by atoms with Crippen LogP contribution in [-0.2, 0) is 0 Å². The third-order valence-electron chi connectivity index (χ3n) is 1.92. The third kappa shape index (κ3) is 1.74. The Balaban J connectivity index is 3.42. The number of methoxy groups -OCH3 is 1. The van der Waals surface area contributed by atoms with Gasteiger partial charge in [-0.05, 0) is 24.6 Å². The van der Waals surface area contributed by atoms with Gasteiger partial charge < -0.3 is 10.5 Å². The number of amides is 1. The lowest BCUT2D eigenvalue weighted by Crippen LogP contribution is -2.14. The number of aldehydes is 1. The van der Waals surface area contributed by atoms with Crippen LogP contribution in [-0.4, -0.2) is 19.3 Å². The van der Waals surface area contributed by atoms with Crippen LogP contribution in [0.1, 0.15) is 26.3 Å². The molecule has 1 rings (SSSR count). The third-order valence-corrected chi connectivity index (χ3v) is 1.92. The highest BCUT2D eigenvalue weighted by molar-refractivity contribution is 5.98. The Hall–Kier alpha value is -1.84. The van der Waals surface area contributed by atoms with E-state index in [1.54, 1.807) is 13.0 Å². The van der Waals surface area contributed by atoms with Crippen LogP contribution in [0, 0.1) is 6.92 Å². The van der Waals surface area contributed by atoms with Gasteiger partial charge in [-0.15, -0.1) is 0 Å². The van der Waals surface area contributed by atoms with Gasteiger partial charge >= 0.3 is 0 Å². The normalized spacial score (nSPS) is 9.57. The van der Waals surface area contributed by atoms with E-state index in [2.05, 4.69) is 0 Å². The molecule has 0 aliphatic carbocycles. The molecule has 0 radical (unpaired) electrons. The van der Waals surface area contributed by atoms with Gasteiger partial charge in [0.25, 0.3) is 5.91 Å². The summed E-state index contributed by atoms with van der Waals surface area (Å²) in [5, 5.41) is 0. The summed E-state index contributed by atoms with van der Waals surface area (Å²) >= 11 is 0. The zero-order chi connectivity index (χ0) is 10.7. The highest BCUT2D eigenvalue weighted by atomic mass is 16.5. The molecule has 0 unspecified atom stereocenters. The van der Waals surface area contributed by atoms with Crippen LogP contribution in [0.25, 0.3) is 0 Å². The number of nitrogens with two attached hydrogens (primary N) is 1. The van der Waals surface area contributed by atoms with Crippen molar-refractivity contribution in [3.05, 3.63) is 28.8 Å². The van der Waals surface area contributed by atoms with Crippen LogP contribution in [0.5, 0.6) is 5.75 Å². The minimum atomic E-state index is -0.559. The highest BCUT2D eigenvalue weighted by Crippen LogP contribution is 2.22. The summed E-state index contributed by atoms with van der Waals surface area (Å²) < 4.78 is 4.97. The first-order valence-corrected chi connectivity index (χ1v) is 4.03. The van der Waals surface area contributed by atoms with Crippen molar-refractivity contribution in [1.29, 1.82) is 0 Å². The molecule has 74 valence electrons. The Morgan fingerprint density at radius 2 is 2.14 bits per heavy atom. The van der Waals surface area contributed by atoms with Gasteiger partial charge in [0.2, 0.25) is 0 Å². The largest absolute Gasteiger partial charge is 0.496 e. The molecule has 0 bridgehead atoms. The number of carbonyl (C=O) groups excluding carboxylic acids is 2. The molecule has 4 nitrogen and oxygen atoms in total. The molecular formula is C10H11NO3. The monoisotopic (exact) mass is 193 g/mol. The van der Waals surface area contributed by atoms with Crippen molar-refractivity contribution in [2.45, 2.75) is 6.92 Å². The van der Waals surface area contributed by atoms with E-state index in [9.17, 15) is 9.59 Å². The Labute approximate surface area is 81.7 Å². The molecule has 0 atom stereocenters. The smallest absolute Gasteiger partial charge is 0.252 e. The zero-order valence-corrected chi connectivity index (χ0v) is 8.03. The van der Waals surface area contributed by atoms with Crippen LogP contribution in [0.15, 0.2) is 12.1 Å². The molecule has 0 aliphatic rings. The Morgan fingerprint density at radius 3 is 2.57 bits per heavy atom. The van der Waals surface area contributed by atoms with Crippen LogP contribution < -0.4 is 10.5 Å². The number of benzene rings is 1. The predicted octanol–water partition coefficient (Wildman–Crippen LogP) is 0.915. The number of carbonyl (C=O) groups is 2. The molecule has 1 aromatic rings. The highest BCUT2D eigenvalue weighted by Gasteiger charge is 2.13. The van der Waals surface area contributed by atoms with Crippen molar-refractivity contribution in [1.82, 2.24) is 0 Å². The van der Waals surface area contributed by atoms with Crippen molar-refractivity contribution < 1.29 is 14.3 Å². The number of primary amides is 1. The molecule has 4 heteroatoms. The van der Waals surface area contributed by atoms with Crippen molar-refractivity contribution in [3.63, 3.8) is 0 Å². The molecule has 0 heterocycles. The van der Waals surface area contributed by atoms with Gasteiger partial charge in [-0.25, -0.2) is 0 Å². The van der Waals surface area contributed by atoms with Crippen LogP contribution in [0.2, 0.25) is 0 Å². The predicted molar refractivity (Wildman–Crippen MR) is 51.6 cm³/mol. The maximum Gasteiger partial charge on any atom is 0.252 e. The SMILES string of the molecule is COc1cc(C=O)cc(C)c1C(N)=O. The number of hydrogen-bond donors (Lipinski definition) is 1. The van der Waals surface area contributed by atoms with Gasteiger partial charge in [0.05, 0.1) is 12.7 Å². The lowest BCUT2D eigenvalue weighted by Gasteiger charge is -2.08. The molecule has 1 aromatic carbocycles. The summed E-state index contributed by atoms with van der Waals surface area (Å²) in [6.45, 7) is 1.70. The molecule has 0 aliphatic heterocycles. The quantitative estimate of drug-likeness (QED) is 0.725. The minimum absolute atomic E-state index is 0.318. The van der Waals surface area contributed by atoms with Crippen molar-refractivity contribution in [2.75, 3.05) is 7.11 Å². The van der Waals surface area contributed by atoms with Crippen LogP contribution in [0.3, 0.4) is 0 Å². The summed E-state index contributed by atoms with van der Waals surface area (Å²) in [5.41, 5.74) is 6.59. The van der Waals surface area contributed by atoms with Gasteiger partial charge in [-0.2, -0.15) is 0 Å². The van der Waals surface area contributed by atoms with Crippen molar-refractivity contribution in [3.8, 4) is 5.75 Å². The lowest BCUT2D eigenvalue weighted by molar-refractivity contribution is 0.0995. The molecule has 14 heavy (non-hydrogen) atoms. The second kappa shape index (κ2) is 3.91. The standard InChI is InChI=1S/C10H11NO3/c1-6-3-7(5-12)4-8(14-2)9(6)10(11)13/h3-5H,1-2H3,(H2,11,13). The first kappa shape index (κ1) is 10.2. The Bertz CT molecular complexity index is 385. The average molecular weight is 193 g/mol. The molecule has 0 saturated carbocycles. The minimum Gasteiger partial charge on any atom is -0.496 e. The number of rotatable bonds is 3. The first-order chi connectivity index (χ1) is 6.60. The van der Waals surface area contributed by atoms with Crippen LogP contribution in [0.4, 0.5) is 0 Å². The van der Waals surface area contributed by atoms with E-state index in [0.717, 1.165) is 0 Å². The summed E-state index contributed by atoms with van der Waals surface area (Å²) in [6, 6.07) is 3.08. The maximum atomic E-state index is 11.1. The van der Waals surface area contributed by atoms with Crippen molar-refractivity contribution >= 4 is 12.2 Å². The van der Waals surface area contributed by atoms with Crippen LogP contribution >= 0.6 is 0 Å². The Morgan fingerprint density at radius 1 is 1.50 bits per heavy atom. The van der Waals surface area contributed by atoms with E-state index in [1.165, 1.54) is 13.2 Å². The molecule has 0 aromatic heterocycles. The summed E-state index contributed by atoms with van der Waals surface area (Å²) in [7, 11) is 1.43. The van der Waals surface area contributed by atoms with Gasteiger partial charge in [0.15, 0.2) is 0 Å². The van der Waals surface area contributed by atoms with E-state index < -0.39 is 5.91 Å². The van der Waals surface area contributed by atoms with E-state index in [4.69, 9.17) is 10.5 Å². The van der Waals surface area contributed by atoms with Crippen molar-refractivity contribution in [2.24, 2.45) is 5.73 Å². The Kier molecular flexibility index (Phi) is 2.86. The van der Waals surface area contributed by atoms with Gasteiger partial charge in [-0.3, -0.25) is 9.59 Å². The van der Waals surface area contributed by atoms with Gasteiger partial charge in [0.1, 0.15) is 12.0 Å². The average Bonchev–Trinajstić information content (AvgIpc) is 2.15. The molecular weight excluding hydrogens is 182 g/mol. The molecule has 2 N–H and O–H groups in total. The zero-order valence-electron chi connectivity index (χ0n) is 8.03. The summed E-state index contributed by atoms with van der Waals surface area (Å²) in [6.07, 6.45) is 0.695. The molecule has 0 saturated heterocycles. The first-order valence-electron chi connectivity index (χ1n) is 4.03. The van der Waals surface area contributed by atoms with Gasteiger partial charge in [-0.1, -0.05) is 0 Å². The topological polar surface area (TPSA) is 69.4 Å². The van der Waals surface area contributed by atoms with Gasteiger partial charge in [0, 0.05) is 5.56 Å². The van der Waals surface area contributed by atoms with E-state index in [0.29, 0.717) is 28.7 Å². The maximum absolute atomic E-state index is 11.1. The fourth-order valence-corrected chi connectivity index (χ4v) is 1.33.